The maximum absolute atomic E-state index is 12.3. The lowest BCUT2D eigenvalue weighted by atomic mass is 9.85. The van der Waals surface area contributed by atoms with Crippen LogP contribution in [0, 0.1) is 0 Å². The van der Waals surface area contributed by atoms with Crippen molar-refractivity contribution >= 4 is 11.5 Å². The Morgan fingerprint density at radius 2 is 1.76 bits per heavy atom. The van der Waals surface area contributed by atoms with Gasteiger partial charge >= 0.3 is 0 Å². The Morgan fingerprint density at radius 3 is 2.59 bits per heavy atom. The number of fused-ring (bicyclic) bond motifs is 2. The summed E-state index contributed by atoms with van der Waals surface area (Å²) in [6.45, 7) is 0. The van der Waals surface area contributed by atoms with Crippen LogP contribution in [0.3, 0.4) is 0 Å². The fraction of sp³-hybridized carbons (Fsp3) is 0.133. The Bertz CT molecular complexity index is 602. The minimum Gasteiger partial charge on any atom is -0.388 e. The van der Waals surface area contributed by atoms with Gasteiger partial charge in [-0.25, -0.2) is 0 Å². The summed E-state index contributed by atoms with van der Waals surface area (Å²) in [6.07, 6.45) is 0.840. The number of rotatable bonds is 1. The summed E-state index contributed by atoms with van der Waals surface area (Å²) in [7, 11) is 1.89. The van der Waals surface area contributed by atoms with Crippen molar-refractivity contribution in [3.63, 3.8) is 0 Å². The molecular formula is C15H13NO. The first-order valence-corrected chi connectivity index (χ1v) is 5.73. The zero-order valence-electron chi connectivity index (χ0n) is 9.66. The second-order valence-electron chi connectivity index (χ2n) is 4.28. The summed E-state index contributed by atoms with van der Waals surface area (Å²) < 4.78 is 0. The van der Waals surface area contributed by atoms with Crippen LogP contribution >= 0.6 is 0 Å². The molecule has 84 valence electrons. The first kappa shape index (κ1) is 10.1. The van der Waals surface area contributed by atoms with Crippen LogP contribution < -0.4 is 5.32 Å². The molecule has 0 spiro atoms. The number of hydrogen-bond acceptors (Lipinski definition) is 2. The Kier molecular flexibility index (Phi) is 2.22. The third-order valence-corrected chi connectivity index (χ3v) is 3.28. The van der Waals surface area contributed by atoms with Gasteiger partial charge in [-0.1, -0.05) is 24.3 Å². The molecule has 1 aliphatic rings. The summed E-state index contributed by atoms with van der Waals surface area (Å²) in [4.78, 5) is 12.3. The zero-order chi connectivity index (χ0) is 11.8. The van der Waals surface area contributed by atoms with Gasteiger partial charge in [0.2, 0.25) is 0 Å². The summed E-state index contributed by atoms with van der Waals surface area (Å²) in [5.74, 6) is 0.143. The van der Waals surface area contributed by atoms with Crippen molar-refractivity contribution in [2.24, 2.45) is 0 Å². The molecule has 0 aliphatic heterocycles. The Morgan fingerprint density at radius 1 is 1.00 bits per heavy atom. The molecule has 0 saturated heterocycles. The predicted molar refractivity (Wildman–Crippen MR) is 68.7 cm³/mol. The van der Waals surface area contributed by atoms with Crippen molar-refractivity contribution in [2.75, 3.05) is 12.4 Å². The van der Waals surface area contributed by atoms with Crippen LogP contribution in [0.15, 0.2) is 42.5 Å². The molecule has 2 heteroatoms. The first-order valence-electron chi connectivity index (χ1n) is 5.73. The highest BCUT2D eigenvalue weighted by Crippen LogP contribution is 2.28. The molecule has 0 saturated carbocycles. The Hall–Kier alpha value is -2.09. The minimum absolute atomic E-state index is 0.143. The molecule has 1 N–H and O–H groups in total. The molecule has 0 atom stereocenters. The van der Waals surface area contributed by atoms with Crippen molar-refractivity contribution in [3.8, 4) is 0 Å². The molecule has 0 fully saturated rings. The van der Waals surface area contributed by atoms with E-state index in [-0.39, 0.29) is 5.78 Å². The van der Waals surface area contributed by atoms with E-state index in [1.807, 2.05) is 43.4 Å². The molecule has 0 aromatic heterocycles. The number of carbonyl (C=O) groups excluding carboxylic acids is 1. The summed E-state index contributed by atoms with van der Waals surface area (Å²) in [5, 5.41) is 3.10. The van der Waals surface area contributed by atoms with Crippen LogP contribution in [0.2, 0.25) is 0 Å². The van der Waals surface area contributed by atoms with Gasteiger partial charge in [0.25, 0.3) is 0 Å². The molecule has 0 unspecified atom stereocenters. The third kappa shape index (κ3) is 1.53. The quantitative estimate of drug-likeness (QED) is 0.687. The van der Waals surface area contributed by atoms with E-state index in [0.29, 0.717) is 0 Å². The standard InChI is InChI=1S/C15H13NO/c1-16-12-6-7-14-11(9-12)8-10-4-2-3-5-13(10)15(14)17/h2-7,9,16H,8H2,1H3. The van der Waals surface area contributed by atoms with Crippen molar-refractivity contribution in [1.82, 2.24) is 0 Å². The maximum atomic E-state index is 12.3. The van der Waals surface area contributed by atoms with Gasteiger partial charge < -0.3 is 5.32 Å². The van der Waals surface area contributed by atoms with Crippen molar-refractivity contribution in [1.29, 1.82) is 0 Å². The van der Waals surface area contributed by atoms with E-state index in [1.54, 1.807) is 0 Å². The third-order valence-electron chi connectivity index (χ3n) is 3.28. The molecule has 2 nitrogen and oxygen atoms in total. The number of ketones is 1. The smallest absolute Gasteiger partial charge is 0.193 e. The second kappa shape index (κ2) is 3.74. The second-order valence-corrected chi connectivity index (χ2v) is 4.28. The van der Waals surface area contributed by atoms with E-state index >= 15 is 0 Å². The van der Waals surface area contributed by atoms with Crippen LogP contribution in [-0.2, 0) is 6.42 Å². The number of anilines is 1. The average Bonchev–Trinajstić information content (AvgIpc) is 2.38. The predicted octanol–water partition coefficient (Wildman–Crippen LogP) is 2.86. The van der Waals surface area contributed by atoms with Crippen LogP contribution in [-0.4, -0.2) is 12.8 Å². The molecule has 17 heavy (non-hydrogen) atoms. The van der Waals surface area contributed by atoms with Gasteiger partial charge in [-0.05, 0) is 35.7 Å². The molecule has 0 heterocycles. The molecule has 0 bridgehead atoms. The molecule has 1 aliphatic carbocycles. The van der Waals surface area contributed by atoms with E-state index in [4.69, 9.17) is 0 Å². The van der Waals surface area contributed by atoms with E-state index in [2.05, 4.69) is 11.4 Å². The van der Waals surface area contributed by atoms with Gasteiger partial charge in [0.05, 0.1) is 0 Å². The largest absolute Gasteiger partial charge is 0.388 e. The molecule has 2 aromatic rings. The van der Waals surface area contributed by atoms with Gasteiger partial charge in [-0.3, -0.25) is 4.79 Å². The van der Waals surface area contributed by atoms with Crippen molar-refractivity contribution in [2.45, 2.75) is 6.42 Å². The van der Waals surface area contributed by atoms with Crippen molar-refractivity contribution in [3.05, 3.63) is 64.7 Å². The highest BCUT2D eigenvalue weighted by atomic mass is 16.1. The molecular weight excluding hydrogens is 210 g/mol. The SMILES string of the molecule is CNc1ccc2c(c1)Cc1ccccc1C2=O. The lowest BCUT2D eigenvalue weighted by molar-refractivity contribution is 0.103. The van der Waals surface area contributed by atoms with E-state index in [9.17, 15) is 4.79 Å². The maximum Gasteiger partial charge on any atom is 0.193 e. The highest BCUT2D eigenvalue weighted by molar-refractivity contribution is 6.12. The lowest BCUT2D eigenvalue weighted by Gasteiger charge is -2.19. The normalized spacial score (nSPS) is 12.9. The van der Waals surface area contributed by atoms with Crippen LogP contribution in [0.4, 0.5) is 5.69 Å². The minimum atomic E-state index is 0.143. The Labute approximate surface area is 100 Å². The summed E-state index contributed by atoms with van der Waals surface area (Å²) in [5.41, 5.74) is 4.97. The van der Waals surface area contributed by atoms with Gasteiger partial charge in [0, 0.05) is 23.9 Å². The zero-order valence-corrected chi connectivity index (χ0v) is 9.66. The monoisotopic (exact) mass is 223 g/mol. The fourth-order valence-corrected chi connectivity index (χ4v) is 2.36. The van der Waals surface area contributed by atoms with Gasteiger partial charge in [-0.2, -0.15) is 0 Å². The van der Waals surface area contributed by atoms with Gasteiger partial charge in [-0.15, -0.1) is 0 Å². The van der Waals surface area contributed by atoms with Gasteiger partial charge in [0.1, 0.15) is 0 Å². The lowest BCUT2D eigenvalue weighted by Crippen LogP contribution is -2.15. The molecule has 0 amide bonds. The summed E-state index contributed by atoms with van der Waals surface area (Å²) >= 11 is 0. The van der Waals surface area contributed by atoms with E-state index in [0.717, 1.165) is 34.4 Å². The molecule has 2 aromatic carbocycles. The number of carbonyl (C=O) groups is 1. The van der Waals surface area contributed by atoms with Crippen LogP contribution in [0.1, 0.15) is 27.0 Å². The number of benzene rings is 2. The van der Waals surface area contributed by atoms with E-state index in [1.165, 1.54) is 0 Å². The molecule has 3 rings (SSSR count). The summed E-state index contributed by atoms with van der Waals surface area (Å²) in [6, 6.07) is 13.8. The van der Waals surface area contributed by atoms with Crippen LogP contribution in [0.25, 0.3) is 0 Å². The number of hydrogen-bond donors (Lipinski definition) is 1. The Balaban J connectivity index is 2.16. The topological polar surface area (TPSA) is 29.1 Å². The van der Waals surface area contributed by atoms with Gasteiger partial charge in [0.15, 0.2) is 5.78 Å². The van der Waals surface area contributed by atoms with E-state index < -0.39 is 0 Å². The highest BCUT2D eigenvalue weighted by Gasteiger charge is 2.22. The molecule has 0 radical (unpaired) electrons. The average molecular weight is 223 g/mol. The first-order chi connectivity index (χ1) is 8.29. The number of nitrogens with one attached hydrogen (secondary N) is 1. The van der Waals surface area contributed by atoms with Crippen LogP contribution in [0.5, 0.6) is 0 Å². The fourth-order valence-electron chi connectivity index (χ4n) is 2.36. The van der Waals surface area contributed by atoms with Crippen molar-refractivity contribution < 1.29 is 4.79 Å².